The number of pyridine rings is 1. The molecule has 2 aromatic rings. The van der Waals surface area contributed by atoms with Crippen LogP contribution in [0, 0.1) is 5.92 Å². The van der Waals surface area contributed by atoms with E-state index in [4.69, 9.17) is 11.6 Å². The van der Waals surface area contributed by atoms with Gasteiger partial charge in [0.2, 0.25) is 5.91 Å². The largest absolute Gasteiger partial charge is 0.371 e. The van der Waals surface area contributed by atoms with E-state index in [1.807, 2.05) is 48.8 Å². The fourth-order valence-corrected chi connectivity index (χ4v) is 3.23. The average Bonchev–Trinajstić information content (AvgIpc) is 2.67. The van der Waals surface area contributed by atoms with Crippen molar-refractivity contribution in [1.29, 1.82) is 0 Å². The van der Waals surface area contributed by atoms with Crippen LogP contribution in [-0.2, 0) is 4.79 Å². The molecule has 1 aliphatic heterocycles. The van der Waals surface area contributed by atoms with Crippen LogP contribution in [0.5, 0.6) is 0 Å². The van der Waals surface area contributed by atoms with Crippen molar-refractivity contribution >= 4 is 29.3 Å². The molecule has 1 saturated heterocycles. The summed E-state index contributed by atoms with van der Waals surface area (Å²) in [5, 5.41) is 3.65. The summed E-state index contributed by atoms with van der Waals surface area (Å²) in [6.45, 7) is 2.75. The lowest BCUT2D eigenvalue weighted by molar-refractivity contribution is -0.116. The molecule has 3 rings (SSSR count). The number of carbonyl (C=O) groups excluding carboxylic acids is 1. The molecule has 25 heavy (non-hydrogen) atoms. The minimum Gasteiger partial charge on any atom is -0.371 e. The number of aromatic nitrogens is 1. The quantitative estimate of drug-likeness (QED) is 0.830. The normalized spacial score (nSPS) is 15.5. The van der Waals surface area contributed by atoms with Crippen molar-refractivity contribution < 1.29 is 4.79 Å². The van der Waals surface area contributed by atoms with Crippen LogP contribution in [0.3, 0.4) is 0 Å². The Balaban J connectivity index is 1.42. The van der Waals surface area contributed by atoms with Crippen LogP contribution in [0.1, 0.15) is 18.4 Å². The molecule has 1 amide bonds. The van der Waals surface area contributed by atoms with Crippen LogP contribution in [0.25, 0.3) is 6.08 Å². The summed E-state index contributed by atoms with van der Waals surface area (Å²) in [5.74, 6) is 0.451. The van der Waals surface area contributed by atoms with Gasteiger partial charge in [0.15, 0.2) is 0 Å². The lowest BCUT2D eigenvalue weighted by Gasteiger charge is -2.33. The molecule has 1 fully saturated rings. The van der Waals surface area contributed by atoms with Crippen molar-refractivity contribution in [3.63, 3.8) is 0 Å². The Bertz CT molecular complexity index is 725. The molecule has 130 valence electrons. The van der Waals surface area contributed by atoms with Crippen molar-refractivity contribution in [2.75, 3.05) is 24.5 Å². The Kier molecular flexibility index (Phi) is 6.07. The van der Waals surface area contributed by atoms with Crippen LogP contribution >= 0.6 is 11.6 Å². The Morgan fingerprint density at radius 2 is 1.92 bits per heavy atom. The number of nitrogens with zero attached hydrogens (tertiary/aromatic N) is 2. The van der Waals surface area contributed by atoms with Gasteiger partial charge in [-0.3, -0.25) is 9.78 Å². The highest BCUT2D eigenvalue weighted by Crippen LogP contribution is 2.22. The van der Waals surface area contributed by atoms with Crippen molar-refractivity contribution in [1.82, 2.24) is 10.3 Å². The van der Waals surface area contributed by atoms with E-state index >= 15 is 0 Å². The van der Waals surface area contributed by atoms with Gasteiger partial charge in [-0.2, -0.15) is 0 Å². The smallest absolute Gasteiger partial charge is 0.244 e. The summed E-state index contributed by atoms with van der Waals surface area (Å²) >= 11 is 6.08. The molecule has 0 atom stereocenters. The SMILES string of the molecule is O=C(C=Cc1ccccc1Cl)NCC1CCN(c2ccncc2)CC1. The van der Waals surface area contributed by atoms with Crippen LogP contribution in [0.2, 0.25) is 5.02 Å². The molecule has 0 bridgehead atoms. The fraction of sp³-hybridized carbons (Fsp3) is 0.300. The van der Waals surface area contributed by atoms with Gasteiger partial charge in [0.05, 0.1) is 0 Å². The molecule has 1 aliphatic rings. The number of benzene rings is 1. The van der Waals surface area contributed by atoms with E-state index in [0.29, 0.717) is 10.9 Å². The van der Waals surface area contributed by atoms with Gasteiger partial charge < -0.3 is 10.2 Å². The highest BCUT2D eigenvalue weighted by atomic mass is 35.5. The summed E-state index contributed by atoms with van der Waals surface area (Å²) < 4.78 is 0. The zero-order valence-electron chi connectivity index (χ0n) is 14.1. The van der Waals surface area contributed by atoms with Gasteiger partial charge in [-0.25, -0.2) is 0 Å². The van der Waals surface area contributed by atoms with Gasteiger partial charge in [0.25, 0.3) is 0 Å². The van der Waals surface area contributed by atoms with Crippen LogP contribution < -0.4 is 10.2 Å². The number of anilines is 1. The first-order valence-corrected chi connectivity index (χ1v) is 8.95. The van der Waals surface area contributed by atoms with Gasteiger partial charge in [-0.15, -0.1) is 0 Å². The second-order valence-corrected chi connectivity index (χ2v) is 6.64. The van der Waals surface area contributed by atoms with E-state index in [-0.39, 0.29) is 5.91 Å². The third kappa shape index (κ3) is 5.07. The lowest BCUT2D eigenvalue weighted by Crippen LogP contribution is -2.38. The van der Waals surface area contributed by atoms with Gasteiger partial charge in [0.1, 0.15) is 0 Å². The number of amides is 1. The number of hydrogen-bond acceptors (Lipinski definition) is 3. The monoisotopic (exact) mass is 355 g/mol. The predicted molar refractivity (Wildman–Crippen MR) is 103 cm³/mol. The second kappa shape index (κ2) is 8.67. The first-order valence-electron chi connectivity index (χ1n) is 8.58. The molecule has 2 heterocycles. The average molecular weight is 356 g/mol. The fourth-order valence-electron chi connectivity index (χ4n) is 3.03. The molecule has 0 spiro atoms. The molecular formula is C20H22ClN3O. The number of nitrogens with one attached hydrogen (secondary N) is 1. The minimum absolute atomic E-state index is 0.0727. The first kappa shape index (κ1) is 17.5. The topological polar surface area (TPSA) is 45.2 Å². The molecule has 1 aromatic carbocycles. The number of rotatable bonds is 5. The summed E-state index contributed by atoms with van der Waals surface area (Å²) in [7, 11) is 0. The first-order chi connectivity index (χ1) is 12.2. The predicted octanol–water partition coefficient (Wildman–Crippen LogP) is 3.78. The summed E-state index contributed by atoms with van der Waals surface area (Å²) in [5.41, 5.74) is 2.07. The molecule has 0 radical (unpaired) electrons. The Morgan fingerprint density at radius 3 is 2.64 bits per heavy atom. The third-order valence-corrected chi connectivity index (χ3v) is 4.87. The Labute approximate surface area is 153 Å². The Morgan fingerprint density at radius 1 is 1.20 bits per heavy atom. The van der Waals surface area contributed by atoms with E-state index in [1.165, 1.54) is 5.69 Å². The van der Waals surface area contributed by atoms with Crippen molar-refractivity contribution in [3.05, 3.63) is 65.5 Å². The van der Waals surface area contributed by atoms with E-state index in [1.54, 1.807) is 12.2 Å². The number of carbonyl (C=O) groups is 1. The molecule has 0 saturated carbocycles. The van der Waals surface area contributed by atoms with E-state index < -0.39 is 0 Å². The number of halogens is 1. The van der Waals surface area contributed by atoms with Gasteiger partial charge >= 0.3 is 0 Å². The number of hydrogen-bond donors (Lipinski definition) is 1. The van der Waals surface area contributed by atoms with Gasteiger partial charge in [-0.1, -0.05) is 29.8 Å². The standard InChI is InChI=1S/C20H22ClN3O/c21-19-4-2-1-3-17(19)5-6-20(25)23-15-16-9-13-24(14-10-16)18-7-11-22-12-8-18/h1-8,11-12,16H,9-10,13-15H2,(H,23,25). The molecule has 5 heteroatoms. The third-order valence-electron chi connectivity index (χ3n) is 4.53. The summed E-state index contributed by atoms with van der Waals surface area (Å²) in [6, 6.07) is 11.6. The molecule has 0 unspecified atom stereocenters. The minimum atomic E-state index is -0.0727. The van der Waals surface area contributed by atoms with Crippen LogP contribution in [-0.4, -0.2) is 30.5 Å². The second-order valence-electron chi connectivity index (χ2n) is 6.24. The Hall–Kier alpha value is -2.33. The lowest BCUT2D eigenvalue weighted by atomic mass is 9.96. The zero-order valence-corrected chi connectivity index (χ0v) is 14.8. The summed E-state index contributed by atoms with van der Waals surface area (Å²) in [4.78, 5) is 18.4. The van der Waals surface area contributed by atoms with Crippen LogP contribution in [0.15, 0.2) is 54.9 Å². The maximum absolute atomic E-state index is 12.0. The van der Waals surface area contributed by atoms with Gasteiger partial charge in [-0.05, 0) is 48.6 Å². The maximum Gasteiger partial charge on any atom is 0.244 e. The number of piperidine rings is 1. The highest BCUT2D eigenvalue weighted by Gasteiger charge is 2.19. The summed E-state index contributed by atoms with van der Waals surface area (Å²) in [6.07, 6.45) is 9.12. The zero-order chi connectivity index (χ0) is 17.5. The van der Waals surface area contributed by atoms with Crippen LogP contribution in [0.4, 0.5) is 5.69 Å². The van der Waals surface area contributed by atoms with Crippen molar-refractivity contribution in [2.45, 2.75) is 12.8 Å². The van der Waals surface area contributed by atoms with E-state index in [2.05, 4.69) is 15.2 Å². The molecule has 0 aliphatic carbocycles. The van der Waals surface area contributed by atoms with Crippen molar-refractivity contribution in [3.8, 4) is 0 Å². The van der Waals surface area contributed by atoms with E-state index in [0.717, 1.165) is 38.0 Å². The molecule has 4 nitrogen and oxygen atoms in total. The van der Waals surface area contributed by atoms with Gasteiger partial charge in [0, 0.05) is 48.8 Å². The molecular weight excluding hydrogens is 334 g/mol. The molecule has 1 N–H and O–H groups in total. The molecule has 1 aromatic heterocycles. The highest BCUT2D eigenvalue weighted by molar-refractivity contribution is 6.32. The van der Waals surface area contributed by atoms with E-state index in [9.17, 15) is 4.79 Å². The maximum atomic E-state index is 12.0. The van der Waals surface area contributed by atoms with Crippen molar-refractivity contribution in [2.24, 2.45) is 5.92 Å².